The first-order valence-corrected chi connectivity index (χ1v) is 4.94. The van der Waals surface area contributed by atoms with E-state index in [-0.39, 0.29) is 12.7 Å². The second kappa shape index (κ2) is 5.76. The smallest absolute Gasteiger partial charge is 0.338 e. The molecule has 0 heterocycles. The summed E-state index contributed by atoms with van der Waals surface area (Å²) in [5.74, 6) is 0.0946. The molecule has 0 fully saturated rings. The fraction of sp³-hybridized carbons (Fsp3) is 0.333. The van der Waals surface area contributed by atoms with Crippen LogP contribution in [-0.4, -0.2) is 18.7 Å². The van der Waals surface area contributed by atoms with Crippen LogP contribution in [0.2, 0.25) is 0 Å². The zero-order valence-corrected chi connectivity index (χ0v) is 9.27. The molecule has 0 atom stereocenters. The average molecular weight is 219 g/mol. The van der Waals surface area contributed by atoms with Crippen molar-refractivity contribution in [2.75, 3.05) is 6.61 Å². The maximum atomic E-state index is 11.5. The highest BCUT2D eigenvalue weighted by Gasteiger charge is 2.09. The molecule has 1 rings (SSSR count). The van der Waals surface area contributed by atoms with Gasteiger partial charge < -0.3 is 9.47 Å². The monoisotopic (exact) mass is 219 g/mol. The van der Waals surface area contributed by atoms with E-state index >= 15 is 0 Å². The third-order valence-electron chi connectivity index (χ3n) is 1.72. The lowest BCUT2D eigenvalue weighted by atomic mass is 10.2. The molecule has 0 aromatic heterocycles. The molecular weight excluding hydrogens is 206 g/mol. The molecule has 0 saturated heterocycles. The van der Waals surface area contributed by atoms with Crippen molar-refractivity contribution >= 4 is 5.97 Å². The van der Waals surface area contributed by atoms with Crippen LogP contribution in [0.15, 0.2) is 24.3 Å². The van der Waals surface area contributed by atoms with Crippen LogP contribution in [0.3, 0.4) is 0 Å². The Hall–Kier alpha value is -2.02. The summed E-state index contributed by atoms with van der Waals surface area (Å²) < 4.78 is 10.1. The Bertz CT molecular complexity index is 407. The van der Waals surface area contributed by atoms with Gasteiger partial charge in [-0.05, 0) is 32.0 Å². The summed E-state index contributed by atoms with van der Waals surface area (Å²) in [6.45, 7) is 3.53. The number of carbonyl (C=O) groups is 1. The average Bonchev–Trinajstić information content (AvgIpc) is 2.26. The highest BCUT2D eigenvalue weighted by molar-refractivity contribution is 5.89. The van der Waals surface area contributed by atoms with Crippen molar-refractivity contribution in [2.24, 2.45) is 0 Å². The fourth-order valence-corrected chi connectivity index (χ4v) is 1.11. The number of benzene rings is 1. The van der Waals surface area contributed by atoms with Gasteiger partial charge in [-0.15, -0.1) is 0 Å². The predicted molar refractivity (Wildman–Crippen MR) is 58.1 cm³/mol. The molecular formula is C12H13NO3. The Morgan fingerprint density at radius 2 is 2.25 bits per heavy atom. The van der Waals surface area contributed by atoms with Gasteiger partial charge in [-0.25, -0.2) is 4.79 Å². The normalized spacial score (nSPS) is 9.62. The lowest BCUT2D eigenvalue weighted by Gasteiger charge is -2.08. The molecule has 0 aliphatic heterocycles. The van der Waals surface area contributed by atoms with Crippen molar-refractivity contribution in [3.05, 3.63) is 29.8 Å². The molecule has 0 unspecified atom stereocenters. The van der Waals surface area contributed by atoms with Gasteiger partial charge in [-0.3, -0.25) is 0 Å². The van der Waals surface area contributed by atoms with Gasteiger partial charge in [0.25, 0.3) is 0 Å². The number of nitrogens with zero attached hydrogens (tertiary/aromatic N) is 1. The Kier molecular flexibility index (Phi) is 4.34. The van der Waals surface area contributed by atoms with Crippen molar-refractivity contribution in [3.8, 4) is 11.8 Å². The molecule has 0 amide bonds. The Balaban J connectivity index is 2.74. The number of esters is 1. The Morgan fingerprint density at radius 1 is 1.50 bits per heavy atom. The van der Waals surface area contributed by atoms with Gasteiger partial charge in [0, 0.05) is 0 Å². The van der Waals surface area contributed by atoms with E-state index in [1.165, 1.54) is 0 Å². The van der Waals surface area contributed by atoms with Crippen molar-refractivity contribution in [2.45, 2.75) is 20.0 Å². The minimum Gasteiger partial charge on any atom is -0.479 e. The zero-order valence-electron chi connectivity index (χ0n) is 9.27. The summed E-state index contributed by atoms with van der Waals surface area (Å²) in [6, 6.07) is 8.43. The number of rotatable bonds is 4. The minimum absolute atomic E-state index is 0.0390. The third kappa shape index (κ3) is 3.62. The lowest BCUT2D eigenvalue weighted by Crippen LogP contribution is -2.11. The van der Waals surface area contributed by atoms with Crippen molar-refractivity contribution in [3.63, 3.8) is 0 Å². The largest absolute Gasteiger partial charge is 0.479 e. The standard InChI is InChI=1S/C12H13NO3/c1-9(2)16-12(14)10-4-3-5-11(8-10)15-7-6-13/h3-5,8-9H,7H2,1-2H3. The van der Waals surface area contributed by atoms with E-state index in [1.54, 1.807) is 38.1 Å². The SMILES string of the molecule is CC(C)OC(=O)c1cccc(OCC#N)c1. The highest BCUT2D eigenvalue weighted by Crippen LogP contribution is 2.14. The molecule has 84 valence electrons. The summed E-state index contributed by atoms with van der Waals surface area (Å²) in [5, 5.41) is 8.36. The van der Waals surface area contributed by atoms with E-state index in [4.69, 9.17) is 14.7 Å². The van der Waals surface area contributed by atoms with Gasteiger partial charge in [0.2, 0.25) is 0 Å². The van der Waals surface area contributed by atoms with Crippen LogP contribution in [0, 0.1) is 11.3 Å². The molecule has 0 radical (unpaired) electrons. The number of carbonyl (C=O) groups excluding carboxylic acids is 1. The van der Waals surface area contributed by atoms with Crippen LogP contribution in [0.4, 0.5) is 0 Å². The van der Waals surface area contributed by atoms with Crippen molar-refractivity contribution in [1.82, 2.24) is 0 Å². The lowest BCUT2D eigenvalue weighted by molar-refractivity contribution is 0.0377. The Morgan fingerprint density at radius 3 is 2.88 bits per heavy atom. The molecule has 0 aliphatic carbocycles. The van der Waals surface area contributed by atoms with Gasteiger partial charge in [-0.2, -0.15) is 5.26 Å². The van der Waals surface area contributed by atoms with E-state index in [9.17, 15) is 4.79 Å². The van der Waals surface area contributed by atoms with Crippen LogP contribution in [0.1, 0.15) is 24.2 Å². The minimum atomic E-state index is -0.391. The molecule has 16 heavy (non-hydrogen) atoms. The second-order valence-corrected chi connectivity index (χ2v) is 3.43. The van der Waals surface area contributed by atoms with E-state index in [2.05, 4.69) is 0 Å². The van der Waals surface area contributed by atoms with Crippen LogP contribution >= 0.6 is 0 Å². The summed E-state index contributed by atoms with van der Waals surface area (Å²) in [4.78, 5) is 11.5. The maximum absolute atomic E-state index is 11.5. The summed E-state index contributed by atoms with van der Waals surface area (Å²) in [5.41, 5.74) is 0.420. The van der Waals surface area contributed by atoms with Gasteiger partial charge in [0.1, 0.15) is 11.8 Å². The van der Waals surface area contributed by atoms with Gasteiger partial charge in [0.15, 0.2) is 6.61 Å². The zero-order chi connectivity index (χ0) is 12.0. The van der Waals surface area contributed by atoms with E-state index in [1.807, 2.05) is 6.07 Å². The van der Waals surface area contributed by atoms with Crippen molar-refractivity contribution < 1.29 is 14.3 Å². The van der Waals surface area contributed by atoms with Gasteiger partial charge in [-0.1, -0.05) is 6.07 Å². The molecule has 0 spiro atoms. The van der Waals surface area contributed by atoms with Crippen LogP contribution in [0.25, 0.3) is 0 Å². The second-order valence-electron chi connectivity index (χ2n) is 3.43. The predicted octanol–water partition coefficient (Wildman–Crippen LogP) is 2.15. The van der Waals surface area contributed by atoms with Crippen LogP contribution in [-0.2, 0) is 4.74 Å². The topological polar surface area (TPSA) is 59.3 Å². The number of hydrogen-bond donors (Lipinski definition) is 0. The molecule has 4 nitrogen and oxygen atoms in total. The first kappa shape index (κ1) is 12.1. The molecule has 0 aliphatic rings. The highest BCUT2D eigenvalue weighted by atomic mass is 16.5. The quantitative estimate of drug-likeness (QED) is 0.728. The number of ether oxygens (including phenoxy) is 2. The van der Waals surface area contributed by atoms with Gasteiger partial charge in [0.05, 0.1) is 11.7 Å². The van der Waals surface area contributed by atoms with E-state index in [0.717, 1.165) is 0 Å². The van der Waals surface area contributed by atoms with Gasteiger partial charge >= 0.3 is 5.97 Å². The summed E-state index contributed by atoms with van der Waals surface area (Å²) >= 11 is 0. The van der Waals surface area contributed by atoms with Crippen LogP contribution in [0.5, 0.6) is 5.75 Å². The molecule has 0 bridgehead atoms. The molecule has 0 saturated carbocycles. The molecule has 0 N–H and O–H groups in total. The molecule has 1 aromatic rings. The molecule has 1 aromatic carbocycles. The number of hydrogen-bond acceptors (Lipinski definition) is 4. The molecule has 4 heteroatoms. The number of nitriles is 1. The van der Waals surface area contributed by atoms with Crippen molar-refractivity contribution in [1.29, 1.82) is 5.26 Å². The third-order valence-corrected chi connectivity index (χ3v) is 1.72. The summed E-state index contributed by atoms with van der Waals surface area (Å²) in [7, 11) is 0. The van der Waals surface area contributed by atoms with E-state index in [0.29, 0.717) is 11.3 Å². The first-order valence-electron chi connectivity index (χ1n) is 4.94. The maximum Gasteiger partial charge on any atom is 0.338 e. The fourth-order valence-electron chi connectivity index (χ4n) is 1.11. The summed E-state index contributed by atoms with van der Waals surface area (Å²) in [6.07, 6.45) is -0.156. The first-order chi connectivity index (χ1) is 7.63. The Labute approximate surface area is 94.4 Å². The van der Waals surface area contributed by atoms with Crippen LogP contribution < -0.4 is 4.74 Å². The van der Waals surface area contributed by atoms with E-state index < -0.39 is 5.97 Å².